The summed E-state index contributed by atoms with van der Waals surface area (Å²) in [6.07, 6.45) is 1.99. The number of aryl methyl sites for hydroxylation is 2. The predicted molar refractivity (Wildman–Crippen MR) is 545 cm³/mol. The average Bonchev–Trinajstić information content (AvgIpc) is 0.798. The van der Waals surface area contributed by atoms with E-state index in [-0.39, 0.29) is 219 Å². The molecule has 0 spiro atoms. The van der Waals surface area contributed by atoms with Gasteiger partial charge in [0, 0.05) is 182 Å². The van der Waals surface area contributed by atoms with Gasteiger partial charge in [-0.3, -0.25) is 110 Å². The zero-order chi connectivity index (χ0) is 104. The van der Waals surface area contributed by atoms with Crippen molar-refractivity contribution >= 4 is 101 Å². The van der Waals surface area contributed by atoms with Crippen molar-refractivity contribution in [3.05, 3.63) is 373 Å². The van der Waals surface area contributed by atoms with Crippen LogP contribution in [-0.4, -0.2) is 96.1 Å². The number of rotatable bonds is 21. The summed E-state index contributed by atoms with van der Waals surface area (Å²) < 4.78 is 105. The number of para-hydroxylation sites is 10. The molecule has 18 nitrogen and oxygen atoms in total. The molecule has 5 aromatic heterocycles. The quantitative estimate of drug-likeness (QED) is 0.0367. The van der Waals surface area contributed by atoms with Crippen molar-refractivity contribution in [2.75, 3.05) is 0 Å². The van der Waals surface area contributed by atoms with E-state index in [1.807, 2.05) is 170 Å². The maximum atomic E-state index is 13.2. The molecular formula is C118H101F8Ir5N10O8-5. The Morgan fingerprint density at radius 3 is 0.584 bits per heavy atom. The molecule has 18 aromatic rings. The predicted octanol–water partition coefficient (Wildman–Crippen LogP) is 27.1. The van der Waals surface area contributed by atoms with Crippen LogP contribution in [0.15, 0.2) is 285 Å². The van der Waals surface area contributed by atoms with Crippen molar-refractivity contribution in [3.8, 4) is 90.1 Å². The molecule has 13 aromatic carbocycles. The number of benzene rings is 13. The normalized spacial score (nSPS) is 10.2. The summed E-state index contributed by atoms with van der Waals surface area (Å²) in [5.41, 5.74) is 20.1. The number of carbonyl (C=O) groups is 8. The Kier molecular flexibility index (Phi) is 53.1. The van der Waals surface area contributed by atoms with E-state index in [0.29, 0.717) is 82.0 Å². The van der Waals surface area contributed by atoms with Crippen LogP contribution in [0.2, 0.25) is 0 Å². The number of aromatic nitrogens is 10. The van der Waals surface area contributed by atoms with Gasteiger partial charge in [-0.1, -0.05) is 132 Å². The van der Waals surface area contributed by atoms with Crippen molar-refractivity contribution < 1.29 is 174 Å². The van der Waals surface area contributed by atoms with Crippen LogP contribution in [0.4, 0.5) is 35.1 Å². The molecule has 777 valence electrons. The molecule has 0 aliphatic rings. The molecule has 31 heteroatoms. The fraction of sp³-hybridized carbons (Fsp3) is 0.186. The molecule has 0 atom stereocenters. The number of hydrogen-bond acceptors (Lipinski definition) is 18. The van der Waals surface area contributed by atoms with E-state index < -0.39 is 0 Å². The van der Waals surface area contributed by atoms with Crippen LogP contribution >= 0.6 is 0 Å². The number of halogens is 8. The molecule has 5 heterocycles. The summed E-state index contributed by atoms with van der Waals surface area (Å²) in [6, 6.07) is 92.0. The summed E-state index contributed by atoms with van der Waals surface area (Å²) >= 11 is 0. The summed E-state index contributed by atoms with van der Waals surface area (Å²) in [7, 11) is 0. The second kappa shape index (κ2) is 62.8. The molecule has 0 saturated heterocycles. The monoisotopic (exact) mass is 2900 g/mol. The van der Waals surface area contributed by atoms with Gasteiger partial charge in [-0.25, -0.2) is 13.2 Å². The zero-order valence-electron chi connectivity index (χ0n) is 83.0. The number of ketones is 8. The SMILES string of the molecule is CC(=O)CC(=O)CC(C)C.CC(=O)CC(=O)CC(C)C.CC(=O)CC(C)=O.CCC(C(C)=O)C(C)=O.Cc1nc2ccccc2nc1-c1[c-]cc(F)cc1.Cc1nc2ccccc2nc1-c1[c-]cc(F)cc1.Fc1c[c-]c(-c2nc3ccccc3nc2-c2ccc(F)cc2)cc1.Fc1c[c-]c(-c2nc3ccccc3nc2-c2ccc(F)cc2)cc1.Fc1c[c-]c(-c2nc3ccccc3nc2-c2ccc(F)cc2)cc1.[Ir].[Ir].[Ir].[Ir].[Ir]. The number of nitrogens with zero attached hydrogens (tertiary/aromatic N) is 10. The van der Waals surface area contributed by atoms with Crippen molar-refractivity contribution in [1.82, 2.24) is 49.8 Å². The van der Waals surface area contributed by atoms with Gasteiger partial charge in [-0.15, -0.1) is 149 Å². The molecule has 0 aliphatic carbocycles. The Balaban J connectivity index is 0.000000301. The maximum Gasteiger partial charge on any atom is 0.140 e. The minimum absolute atomic E-state index is 0. The van der Waals surface area contributed by atoms with Gasteiger partial charge in [0.1, 0.15) is 63.7 Å². The van der Waals surface area contributed by atoms with Gasteiger partial charge in [0.25, 0.3) is 0 Å². The van der Waals surface area contributed by atoms with Crippen LogP contribution in [0.1, 0.15) is 126 Å². The third kappa shape index (κ3) is 39.9. The van der Waals surface area contributed by atoms with Gasteiger partial charge in [0.05, 0.1) is 97.4 Å². The number of Topliss-reactive ketones (excluding diaryl/α,β-unsaturated/α-hetero) is 8. The minimum Gasteiger partial charge on any atom is -0.300 e. The first-order valence-electron chi connectivity index (χ1n) is 45.8. The molecule has 0 aliphatic heterocycles. The third-order valence-electron chi connectivity index (χ3n) is 20.8. The van der Waals surface area contributed by atoms with E-state index in [1.54, 1.807) is 66.7 Å². The van der Waals surface area contributed by atoms with Crippen molar-refractivity contribution in [3.63, 3.8) is 0 Å². The Hall–Kier alpha value is -13.4. The van der Waals surface area contributed by atoms with E-state index in [2.05, 4.69) is 80.2 Å². The van der Waals surface area contributed by atoms with Crippen LogP contribution in [0.3, 0.4) is 0 Å². The summed E-state index contributed by atoms with van der Waals surface area (Å²) in [6.45, 7) is 22.1. The number of hydrogen-bond donors (Lipinski definition) is 0. The van der Waals surface area contributed by atoms with Crippen LogP contribution in [-0.2, 0) is 139 Å². The van der Waals surface area contributed by atoms with Crippen molar-refractivity contribution in [2.24, 2.45) is 17.8 Å². The van der Waals surface area contributed by atoms with Crippen molar-refractivity contribution in [1.29, 1.82) is 0 Å². The van der Waals surface area contributed by atoms with Crippen molar-refractivity contribution in [2.45, 2.75) is 129 Å². The molecule has 18 rings (SSSR count). The fourth-order valence-electron chi connectivity index (χ4n) is 14.3. The van der Waals surface area contributed by atoms with Gasteiger partial charge in [-0.2, -0.15) is 0 Å². The molecule has 0 fully saturated rings. The molecule has 0 saturated carbocycles. The second-order valence-electron chi connectivity index (χ2n) is 33.9. The van der Waals surface area contributed by atoms with E-state index >= 15 is 0 Å². The van der Waals surface area contributed by atoms with Gasteiger partial charge in [-0.05, 0) is 187 Å². The maximum absolute atomic E-state index is 13.2. The zero-order valence-corrected chi connectivity index (χ0v) is 95.0. The van der Waals surface area contributed by atoms with E-state index in [4.69, 9.17) is 0 Å². The molecule has 0 N–H and O–H groups in total. The summed E-state index contributed by atoms with van der Waals surface area (Å²) in [5.74, 6) is -2.40. The third-order valence-corrected chi connectivity index (χ3v) is 20.8. The molecule has 149 heavy (non-hydrogen) atoms. The Morgan fingerprint density at radius 1 is 0.242 bits per heavy atom. The first-order chi connectivity index (χ1) is 68.8. The Bertz CT molecular complexity index is 6680. The number of fused-ring (bicyclic) bond motifs is 5. The van der Waals surface area contributed by atoms with E-state index in [1.165, 1.54) is 139 Å². The Morgan fingerprint density at radius 2 is 0.423 bits per heavy atom. The van der Waals surface area contributed by atoms with Gasteiger partial charge < -0.3 is 0 Å². The molecule has 5 radical (unpaired) electrons. The fourth-order valence-corrected chi connectivity index (χ4v) is 14.3. The molecular weight excluding hydrogens is 2800 g/mol. The standard InChI is InChI=1S/3C20H11F2N2.2C15H10FN2.2C8H14O2.C7H12O2.C5H8O2.5Ir/c3*21-15-9-5-13(6-10-15)19-20(14-7-11-16(22)12-8-14)24-18-4-2-1-3-17(18)23-19;2*1-10-15(11-6-8-12(16)9-7-11)18-14-5-3-2-4-13(14)17-10;2*1-6(2)4-8(10)5-7(3)9;1-4-7(5(2)8)6(3)9;1-4(6)3-5(2)7;;;;;/h3*1-7,9-12H;2*2-6,8-9H,1H3;2*6H,4-5H2,1-3H3;7H,4H2,1-3H3;3H2,1-2H3;;;;;/q5*-1;;;;;;;;;. The van der Waals surface area contributed by atoms with Gasteiger partial charge >= 0.3 is 0 Å². The molecule has 0 amide bonds. The summed E-state index contributed by atoms with van der Waals surface area (Å²) in [4.78, 5) is 130. The van der Waals surface area contributed by atoms with E-state index in [0.717, 1.165) is 106 Å². The van der Waals surface area contributed by atoms with Crippen LogP contribution in [0.25, 0.3) is 145 Å². The topological polar surface area (TPSA) is 265 Å². The second-order valence-corrected chi connectivity index (χ2v) is 33.9. The van der Waals surface area contributed by atoms with E-state index in [9.17, 15) is 73.5 Å². The molecule has 0 unspecified atom stereocenters. The minimum atomic E-state index is -0.365. The molecule has 0 bridgehead atoms. The van der Waals surface area contributed by atoms with Crippen LogP contribution < -0.4 is 0 Å². The smallest absolute Gasteiger partial charge is 0.140 e. The van der Waals surface area contributed by atoms with Gasteiger partial charge in [0.2, 0.25) is 0 Å². The Labute approximate surface area is 927 Å². The van der Waals surface area contributed by atoms with Crippen LogP contribution in [0, 0.1) is 108 Å². The average molecular weight is 2900 g/mol. The first kappa shape index (κ1) is 126. The number of carbonyl (C=O) groups excluding carboxylic acids is 8. The van der Waals surface area contributed by atoms with Gasteiger partial charge in [0.15, 0.2) is 0 Å². The van der Waals surface area contributed by atoms with Crippen LogP contribution in [0.5, 0.6) is 0 Å². The largest absolute Gasteiger partial charge is 0.300 e. The summed E-state index contributed by atoms with van der Waals surface area (Å²) in [5, 5.41) is 0. The first-order valence-corrected chi connectivity index (χ1v) is 45.8.